The molecule has 3 aromatic carbocycles. The molecule has 2 atom stereocenters. The van der Waals surface area contributed by atoms with Crippen LogP contribution in [-0.2, 0) is 14.3 Å². The molecule has 1 aliphatic carbocycles. The third-order valence-corrected chi connectivity index (χ3v) is 6.85. The summed E-state index contributed by atoms with van der Waals surface area (Å²) in [7, 11) is 0. The maximum Gasteiger partial charge on any atom is 0.408 e. The van der Waals surface area contributed by atoms with E-state index in [-0.39, 0.29) is 23.8 Å². The van der Waals surface area contributed by atoms with Crippen molar-refractivity contribution >= 4 is 34.4 Å². The van der Waals surface area contributed by atoms with E-state index in [0.717, 1.165) is 23.6 Å². The van der Waals surface area contributed by atoms with Crippen LogP contribution in [0.4, 0.5) is 10.5 Å². The van der Waals surface area contributed by atoms with E-state index >= 15 is 0 Å². The number of anilines is 1. The Kier molecular flexibility index (Phi) is 9.02. The van der Waals surface area contributed by atoms with Gasteiger partial charge in [0.25, 0.3) is 5.91 Å². The fourth-order valence-corrected chi connectivity index (χ4v) is 4.96. The number of carbonyl (C=O) groups excluding carboxylic acids is 3. The summed E-state index contributed by atoms with van der Waals surface area (Å²) in [6.45, 7) is 9.27. The third-order valence-electron chi connectivity index (χ3n) is 6.85. The summed E-state index contributed by atoms with van der Waals surface area (Å²) in [6, 6.07) is 18.8. The number of rotatable bonds is 9. The second kappa shape index (κ2) is 12.5. The maximum atomic E-state index is 14.3. The lowest BCUT2D eigenvalue weighted by molar-refractivity contribution is -0.141. The molecule has 0 spiro atoms. The Morgan fingerprint density at radius 1 is 1.00 bits per heavy atom. The van der Waals surface area contributed by atoms with Gasteiger partial charge >= 0.3 is 6.09 Å². The minimum atomic E-state index is -0.996. The van der Waals surface area contributed by atoms with Gasteiger partial charge in [-0.05, 0) is 80.5 Å². The van der Waals surface area contributed by atoms with Gasteiger partial charge in [-0.1, -0.05) is 68.3 Å². The number of nitrogens with zero attached hydrogens (tertiary/aromatic N) is 1. The zero-order chi connectivity index (χ0) is 29.7. The van der Waals surface area contributed by atoms with E-state index < -0.39 is 23.8 Å². The van der Waals surface area contributed by atoms with Gasteiger partial charge in [0.15, 0.2) is 0 Å². The summed E-state index contributed by atoms with van der Waals surface area (Å²) in [5.41, 5.74) is 0.990. The molecule has 4 rings (SSSR count). The first-order valence-corrected chi connectivity index (χ1v) is 14.1. The second-order valence-corrected chi connectivity index (χ2v) is 12.0. The number of nitrogens with one attached hydrogen (secondary N) is 2. The molecule has 0 saturated heterocycles. The highest BCUT2D eigenvalue weighted by Crippen LogP contribution is 2.37. The molecule has 7 heteroatoms. The summed E-state index contributed by atoms with van der Waals surface area (Å²) in [5.74, 6) is 2.08. The minimum Gasteiger partial charge on any atom is -0.444 e. The number of hydrogen-bond donors (Lipinski definition) is 2. The lowest BCUT2D eigenvalue weighted by atomic mass is 9.96. The quantitative estimate of drug-likeness (QED) is 0.299. The van der Waals surface area contributed by atoms with Crippen molar-refractivity contribution < 1.29 is 19.1 Å². The van der Waals surface area contributed by atoms with Gasteiger partial charge in [-0.25, -0.2) is 4.79 Å². The Hall–Kier alpha value is -4.31. The van der Waals surface area contributed by atoms with Gasteiger partial charge < -0.3 is 20.3 Å². The first-order valence-electron chi connectivity index (χ1n) is 14.1. The normalized spacial score (nSPS) is 14.6. The van der Waals surface area contributed by atoms with Crippen LogP contribution in [-0.4, -0.2) is 40.5 Å². The number of fused-ring (bicyclic) bond motifs is 1. The molecule has 2 unspecified atom stereocenters. The molecule has 1 aliphatic rings. The average Bonchev–Trinajstić information content (AvgIpc) is 3.74. The van der Waals surface area contributed by atoms with Crippen molar-refractivity contribution in [2.24, 2.45) is 5.92 Å². The summed E-state index contributed by atoms with van der Waals surface area (Å²) in [4.78, 5) is 42.9. The molecule has 7 nitrogen and oxygen atoms in total. The average molecular weight is 554 g/mol. The van der Waals surface area contributed by atoms with Crippen molar-refractivity contribution in [1.82, 2.24) is 10.2 Å². The van der Waals surface area contributed by atoms with E-state index in [4.69, 9.17) is 11.2 Å². The first kappa shape index (κ1) is 29.7. The Labute approximate surface area is 242 Å². The molecule has 0 bridgehead atoms. The van der Waals surface area contributed by atoms with E-state index in [1.807, 2.05) is 68.4 Å². The molecule has 3 aromatic rings. The zero-order valence-corrected chi connectivity index (χ0v) is 24.4. The van der Waals surface area contributed by atoms with Gasteiger partial charge in [0.1, 0.15) is 17.7 Å². The molecule has 1 fully saturated rings. The molecule has 0 aromatic heterocycles. The van der Waals surface area contributed by atoms with Crippen molar-refractivity contribution in [3.63, 3.8) is 0 Å². The number of benzene rings is 3. The van der Waals surface area contributed by atoms with Crippen molar-refractivity contribution in [1.29, 1.82) is 0 Å². The molecule has 2 N–H and O–H groups in total. The molecular formula is C34H39N3O4. The number of carbonyl (C=O) groups is 3. The molecule has 0 aliphatic heterocycles. The van der Waals surface area contributed by atoms with Crippen molar-refractivity contribution in [2.75, 3.05) is 5.32 Å². The standard InChI is InChI=1S/C34H39N3O4/c1-7-23-12-10-11-15-28(23)30(31(38)35-26-17-16-24-13-8-9-14-25(24)21-26)37(27-18-19-27)32(39)29(20-22(2)3)36-33(40)41-34(4,5)6/h1,8-17,21-22,27,29-30H,18-20H2,2-6H3,(H,35,38)(H,36,40). The van der Waals surface area contributed by atoms with Gasteiger partial charge in [0.05, 0.1) is 0 Å². The zero-order valence-electron chi connectivity index (χ0n) is 24.4. The molecule has 0 radical (unpaired) electrons. The highest BCUT2D eigenvalue weighted by atomic mass is 16.6. The molecule has 0 heterocycles. The van der Waals surface area contributed by atoms with Crippen LogP contribution in [0.15, 0.2) is 66.7 Å². The number of alkyl carbamates (subject to hydrolysis) is 1. The number of terminal acetylenes is 1. The van der Waals surface area contributed by atoms with Crippen LogP contribution in [0.5, 0.6) is 0 Å². The Morgan fingerprint density at radius 3 is 2.29 bits per heavy atom. The molecule has 41 heavy (non-hydrogen) atoms. The summed E-state index contributed by atoms with van der Waals surface area (Å²) in [5, 5.41) is 7.87. The van der Waals surface area contributed by atoms with Gasteiger partial charge in [0, 0.05) is 17.3 Å². The number of ether oxygens (including phenoxy) is 1. The Morgan fingerprint density at radius 2 is 1.66 bits per heavy atom. The molecule has 214 valence electrons. The maximum absolute atomic E-state index is 14.3. The minimum absolute atomic E-state index is 0.0998. The predicted molar refractivity (Wildman–Crippen MR) is 162 cm³/mol. The Balaban J connectivity index is 1.73. The summed E-state index contributed by atoms with van der Waals surface area (Å²) < 4.78 is 5.47. The first-order chi connectivity index (χ1) is 19.5. The van der Waals surface area contributed by atoms with Crippen LogP contribution >= 0.6 is 0 Å². The van der Waals surface area contributed by atoms with Crippen LogP contribution in [0, 0.1) is 18.3 Å². The van der Waals surface area contributed by atoms with Crippen molar-refractivity contribution in [3.8, 4) is 12.3 Å². The van der Waals surface area contributed by atoms with Crippen LogP contribution in [0.25, 0.3) is 10.8 Å². The lowest BCUT2D eigenvalue weighted by Crippen LogP contribution is -2.53. The SMILES string of the molecule is C#Cc1ccccc1C(C(=O)Nc1ccc2ccccc2c1)N(C(=O)C(CC(C)C)NC(=O)OC(C)(C)C)C1CC1. The smallest absolute Gasteiger partial charge is 0.408 e. The number of hydrogen-bond acceptors (Lipinski definition) is 4. The highest BCUT2D eigenvalue weighted by Gasteiger charge is 2.44. The van der Waals surface area contributed by atoms with Crippen LogP contribution in [0.3, 0.4) is 0 Å². The van der Waals surface area contributed by atoms with Gasteiger partial charge in [-0.3, -0.25) is 9.59 Å². The Bertz CT molecular complexity index is 1460. The van der Waals surface area contributed by atoms with Gasteiger partial charge in [-0.2, -0.15) is 0 Å². The molecule has 3 amide bonds. The predicted octanol–water partition coefficient (Wildman–Crippen LogP) is 6.43. The largest absolute Gasteiger partial charge is 0.444 e. The van der Waals surface area contributed by atoms with E-state index in [1.54, 1.807) is 37.8 Å². The van der Waals surface area contributed by atoms with Crippen molar-refractivity contribution in [2.45, 2.75) is 77.6 Å². The second-order valence-electron chi connectivity index (χ2n) is 12.0. The van der Waals surface area contributed by atoms with Crippen LogP contribution in [0.2, 0.25) is 0 Å². The van der Waals surface area contributed by atoms with Gasteiger partial charge in [-0.15, -0.1) is 6.42 Å². The van der Waals surface area contributed by atoms with E-state index in [1.165, 1.54) is 0 Å². The topological polar surface area (TPSA) is 87.7 Å². The van der Waals surface area contributed by atoms with E-state index in [0.29, 0.717) is 23.2 Å². The molecule has 1 saturated carbocycles. The number of amides is 3. The fourth-order valence-electron chi connectivity index (χ4n) is 4.96. The highest BCUT2D eigenvalue weighted by molar-refractivity contribution is 6.01. The van der Waals surface area contributed by atoms with Crippen molar-refractivity contribution in [3.05, 3.63) is 77.9 Å². The summed E-state index contributed by atoms with van der Waals surface area (Å²) in [6.07, 6.45) is 7.09. The monoisotopic (exact) mass is 553 g/mol. The lowest BCUT2D eigenvalue weighted by Gasteiger charge is -2.35. The van der Waals surface area contributed by atoms with Crippen LogP contribution < -0.4 is 10.6 Å². The third kappa shape index (κ3) is 7.67. The molecular weight excluding hydrogens is 514 g/mol. The van der Waals surface area contributed by atoms with Gasteiger partial charge in [0.2, 0.25) is 5.91 Å². The fraction of sp³-hybridized carbons (Fsp3) is 0.382. The van der Waals surface area contributed by atoms with E-state index in [9.17, 15) is 14.4 Å². The summed E-state index contributed by atoms with van der Waals surface area (Å²) >= 11 is 0. The van der Waals surface area contributed by atoms with Crippen LogP contribution in [0.1, 0.15) is 71.0 Å². The van der Waals surface area contributed by atoms with E-state index in [2.05, 4.69) is 16.6 Å².